The molecule has 4 atom stereocenters. The van der Waals surface area contributed by atoms with Gasteiger partial charge in [0.2, 0.25) is 0 Å². The van der Waals surface area contributed by atoms with Crippen LogP contribution in [0.1, 0.15) is 30.5 Å². The largest absolute Gasteiger partial charge is 0.492 e. The number of rotatable bonds is 8. The fourth-order valence-electron chi connectivity index (χ4n) is 4.99. The van der Waals surface area contributed by atoms with Gasteiger partial charge in [0.05, 0.1) is 12.9 Å². The maximum Gasteiger partial charge on any atom is 0.191 e. The first-order chi connectivity index (χ1) is 17.5. The smallest absolute Gasteiger partial charge is 0.191 e. The Morgan fingerprint density at radius 2 is 1.39 bits per heavy atom. The molecule has 3 aromatic carbocycles. The van der Waals surface area contributed by atoms with Crippen molar-refractivity contribution < 1.29 is 23.7 Å². The third-order valence-electron chi connectivity index (χ3n) is 6.49. The Bertz CT molecular complexity index is 1100. The molecule has 2 aliphatic heterocycles. The molecule has 3 aromatic rings. The molecule has 184 valence electrons. The Hall–Kier alpha value is -3.40. The molecular weight excluding hydrogens is 452 g/mol. The molecule has 36 heavy (non-hydrogen) atoms. The highest BCUT2D eigenvalue weighted by Crippen LogP contribution is 2.43. The number of hydrogen-bond acceptors (Lipinski definition) is 5. The summed E-state index contributed by atoms with van der Waals surface area (Å²) >= 11 is 0. The van der Waals surface area contributed by atoms with E-state index in [-0.39, 0.29) is 6.61 Å². The van der Waals surface area contributed by atoms with E-state index in [0.29, 0.717) is 0 Å². The van der Waals surface area contributed by atoms with Crippen molar-refractivity contribution in [2.24, 2.45) is 0 Å². The summed E-state index contributed by atoms with van der Waals surface area (Å²) < 4.78 is 31.3. The molecule has 5 nitrogen and oxygen atoms in total. The third kappa shape index (κ3) is 4.69. The number of ether oxygens (including phenoxy) is 5. The molecule has 0 aromatic heterocycles. The summed E-state index contributed by atoms with van der Waals surface area (Å²) in [5.41, 5.74) is 2.17. The van der Waals surface area contributed by atoms with E-state index in [0.717, 1.165) is 16.7 Å². The number of fused-ring (bicyclic) bond motifs is 1. The predicted molar refractivity (Wildman–Crippen MR) is 137 cm³/mol. The van der Waals surface area contributed by atoms with E-state index in [1.807, 2.05) is 68.4 Å². The van der Waals surface area contributed by atoms with Gasteiger partial charge in [0.15, 0.2) is 24.3 Å². The molecular formula is C31H30O5. The van der Waals surface area contributed by atoms with E-state index < -0.39 is 36.0 Å². The molecule has 0 saturated carbocycles. The molecule has 0 unspecified atom stereocenters. The molecule has 5 heteroatoms. The summed E-state index contributed by atoms with van der Waals surface area (Å²) in [6.45, 7) is 3.95. The predicted octanol–water partition coefficient (Wildman–Crippen LogP) is 5.40. The lowest BCUT2D eigenvalue weighted by atomic mass is 9.80. The van der Waals surface area contributed by atoms with Crippen molar-refractivity contribution in [1.29, 1.82) is 0 Å². The van der Waals surface area contributed by atoms with E-state index in [1.165, 1.54) is 12.3 Å². The average molecular weight is 483 g/mol. The molecule has 2 saturated heterocycles. The lowest BCUT2D eigenvalue weighted by Crippen LogP contribution is -2.41. The van der Waals surface area contributed by atoms with E-state index in [9.17, 15) is 0 Å². The van der Waals surface area contributed by atoms with Crippen molar-refractivity contribution in [3.05, 3.63) is 120 Å². The first-order valence-corrected chi connectivity index (χ1v) is 12.1. The van der Waals surface area contributed by atoms with Crippen LogP contribution in [0.3, 0.4) is 0 Å². The molecule has 0 aliphatic carbocycles. The van der Waals surface area contributed by atoms with Crippen LogP contribution in [0.15, 0.2) is 103 Å². The minimum atomic E-state index is -0.870. The highest BCUT2D eigenvalue weighted by molar-refractivity contribution is 5.47. The number of hydrogen-bond donors (Lipinski definition) is 0. The van der Waals surface area contributed by atoms with Gasteiger partial charge >= 0.3 is 0 Å². The Balaban J connectivity index is 1.52. The summed E-state index contributed by atoms with van der Waals surface area (Å²) in [4.78, 5) is 0. The zero-order chi connectivity index (χ0) is 25.0. The zero-order valence-corrected chi connectivity index (χ0v) is 20.5. The highest BCUT2D eigenvalue weighted by atomic mass is 16.8. The summed E-state index contributed by atoms with van der Waals surface area (Å²) in [5.74, 6) is 1.69. The van der Waals surface area contributed by atoms with Crippen molar-refractivity contribution in [1.82, 2.24) is 0 Å². The van der Waals surface area contributed by atoms with Crippen LogP contribution in [0.5, 0.6) is 0 Å². The van der Waals surface area contributed by atoms with Gasteiger partial charge in [-0.15, -0.1) is 6.42 Å². The summed E-state index contributed by atoms with van der Waals surface area (Å²) in [7, 11) is 0. The van der Waals surface area contributed by atoms with Crippen LogP contribution in [0.4, 0.5) is 0 Å². The number of terminal acetylenes is 1. The molecule has 2 fully saturated rings. The molecule has 0 amide bonds. The van der Waals surface area contributed by atoms with Crippen molar-refractivity contribution in [2.45, 2.75) is 49.8 Å². The van der Waals surface area contributed by atoms with Gasteiger partial charge in [-0.25, -0.2) is 0 Å². The fourth-order valence-corrected chi connectivity index (χ4v) is 4.99. The maximum absolute atomic E-state index is 6.95. The minimum absolute atomic E-state index is 0.230. The van der Waals surface area contributed by atoms with Crippen LogP contribution in [-0.2, 0) is 29.3 Å². The van der Waals surface area contributed by atoms with E-state index >= 15 is 0 Å². The Morgan fingerprint density at radius 3 is 1.89 bits per heavy atom. The standard InChI is InChI=1S/C31H30O5/c1-4-5-21-32-27-26(34-29-28(27)35-30(2,3)36-29)22-33-31(23-15-9-6-10-16-23,24-17-11-7-12-18-24)25-19-13-8-14-20-25/h1,5-21,26-29H,22H2,2-3H3/b21-5-/t26-,27+,28-,29-/m1/s1. The lowest BCUT2D eigenvalue weighted by molar-refractivity contribution is -0.223. The number of allylic oxidation sites excluding steroid dienone is 1. The average Bonchev–Trinajstić information content (AvgIpc) is 3.38. The monoisotopic (exact) mass is 482 g/mol. The van der Waals surface area contributed by atoms with Gasteiger partial charge in [-0.1, -0.05) is 96.9 Å². The van der Waals surface area contributed by atoms with E-state index in [4.69, 9.17) is 30.1 Å². The molecule has 5 rings (SSSR count). The van der Waals surface area contributed by atoms with Gasteiger partial charge in [0.25, 0.3) is 0 Å². The first-order valence-electron chi connectivity index (χ1n) is 12.1. The molecule has 2 heterocycles. The summed E-state index contributed by atoms with van der Waals surface area (Å²) in [5, 5.41) is 0. The summed E-state index contributed by atoms with van der Waals surface area (Å²) in [6.07, 6.45) is 6.51. The molecule has 0 spiro atoms. The molecule has 0 N–H and O–H groups in total. The molecule has 0 bridgehead atoms. The SMILES string of the molecule is C#C/C=C\O[C@@H]1[C@H]2OC(C)(C)O[C@H]2O[C@@H]1COC(c1ccccc1)(c1ccccc1)c1ccccc1. The Labute approximate surface area is 212 Å². The Kier molecular flexibility index (Phi) is 6.95. The van der Waals surface area contributed by atoms with Crippen LogP contribution in [-0.4, -0.2) is 37.0 Å². The lowest BCUT2D eigenvalue weighted by Gasteiger charge is -2.37. The highest BCUT2D eigenvalue weighted by Gasteiger charge is 2.56. The van der Waals surface area contributed by atoms with Crippen molar-refractivity contribution >= 4 is 0 Å². The third-order valence-corrected chi connectivity index (χ3v) is 6.49. The number of benzene rings is 3. The quantitative estimate of drug-likeness (QED) is 0.244. The normalized spacial score (nSPS) is 24.9. The van der Waals surface area contributed by atoms with E-state index in [1.54, 1.807) is 0 Å². The second-order valence-corrected chi connectivity index (χ2v) is 9.30. The molecule has 2 aliphatic rings. The Morgan fingerprint density at radius 1 is 0.861 bits per heavy atom. The fraction of sp³-hybridized carbons (Fsp3) is 0.290. The van der Waals surface area contributed by atoms with Gasteiger partial charge in [-0.3, -0.25) is 0 Å². The van der Waals surface area contributed by atoms with Crippen LogP contribution in [0.25, 0.3) is 0 Å². The summed E-state index contributed by atoms with van der Waals surface area (Å²) in [6, 6.07) is 30.7. The zero-order valence-electron chi connectivity index (χ0n) is 20.5. The van der Waals surface area contributed by atoms with Crippen LogP contribution < -0.4 is 0 Å². The van der Waals surface area contributed by atoms with Gasteiger partial charge < -0.3 is 23.7 Å². The maximum atomic E-state index is 6.95. The van der Waals surface area contributed by atoms with Crippen LogP contribution in [0.2, 0.25) is 0 Å². The van der Waals surface area contributed by atoms with Crippen molar-refractivity contribution in [2.75, 3.05) is 6.61 Å². The second-order valence-electron chi connectivity index (χ2n) is 9.30. The topological polar surface area (TPSA) is 46.2 Å². The van der Waals surface area contributed by atoms with Gasteiger partial charge in [-0.05, 0) is 30.5 Å². The second kappa shape index (κ2) is 10.3. The van der Waals surface area contributed by atoms with Gasteiger partial charge in [0.1, 0.15) is 11.7 Å². The van der Waals surface area contributed by atoms with Crippen molar-refractivity contribution in [3.8, 4) is 12.3 Å². The van der Waals surface area contributed by atoms with E-state index in [2.05, 4.69) is 42.3 Å². The van der Waals surface area contributed by atoms with Gasteiger partial charge in [-0.2, -0.15) is 0 Å². The minimum Gasteiger partial charge on any atom is -0.492 e. The van der Waals surface area contributed by atoms with Crippen molar-refractivity contribution in [3.63, 3.8) is 0 Å². The first kappa shape index (κ1) is 24.3. The van der Waals surface area contributed by atoms with Gasteiger partial charge in [0, 0.05) is 6.08 Å². The van der Waals surface area contributed by atoms with Crippen LogP contribution >= 0.6 is 0 Å². The molecule has 0 radical (unpaired) electrons. The van der Waals surface area contributed by atoms with Crippen LogP contribution in [0, 0.1) is 12.3 Å².